The van der Waals surface area contributed by atoms with E-state index in [1.54, 1.807) is 42.5 Å². The number of benzene rings is 2. The van der Waals surface area contributed by atoms with E-state index in [0.29, 0.717) is 16.3 Å². The number of hydrogen-bond acceptors (Lipinski definition) is 7. The second kappa shape index (κ2) is 9.24. The molecule has 9 nitrogen and oxygen atoms in total. The minimum atomic E-state index is -0.453. The van der Waals surface area contributed by atoms with Gasteiger partial charge in [0.2, 0.25) is 11.0 Å². The number of amides is 3. The highest BCUT2D eigenvalue weighted by Crippen LogP contribution is 2.16. The number of para-hydroxylation sites is 2. The number of carbonyl (C=O) groups excluding carboxylic acids is 2. The zero-order chi connectivity index (χ0) is 19.8. The monoisotopic (exact) mass is 396 g/mol. The Balaban J connectivity index is 1.48. The number of nitrogens with zero attached hydrogens (tertiary/aromatic N) is 3. The van der Waals surface area contributed by atoms with E-state index in [1.807, 2.05) is 6.07 Å². The van der Waals surface area contributed by atoms with Crippen molar-refractivity contribution in [2.45, 2.75) is 6.42 Å². The molecule has 0 unspecified atom stereocenters. The molecule has 2 aromatic carbocycles. The SMILES string of the molecule is O=C(Cc1nnc(NC(=O)Nc2ccccc2)s1)N/N=C/c1ccccc1O. The highest BCUT2D eigenvalue weighted by atomic mass is 32.1. The Morgan fingerprint density at radius 3 is 2.57 bits per heavy atom. The number of phenols is 1. The van der Waals surface area contributed by atoms with Crippen molar-refractivity contribution in [3.8, 4) is 5.75 Å². The molecule has 3 rings (SSSR count). The van der Waals surface area contributed by atoms with Gasteiger partial charge in [-0.1, -0.05) is 41.7 Å². The van der Waals surface area contributed by atoms with Crippen molar-refractivity contribution >= 4 is 40.3 Å². The summed E-state index contributed by atoms with van der Waals surface area (Å²) in [5.41, 5.74) is 3.47. The molecule has 4 N–H and O–H groups in total. The van der Waals surface area contributed by atoms with Crippen LogP contribution < -0.4 is 16.1 Å². The fraction of sp³-hybridized carbons (Fsp3) is 0.0556. The van der Waals surface area contributed by atoms with Crippen molar-refractivity contribution in [3.63, 3.8) is 0 Å². The smallest absolute Gasteiger partial charge is 0.325 e. The minimum Gasteiger partial charge on any atom is -0.507 e. The molecule has 142 valence electrons. The van der Waals surface area contributed by atoms with Gasteiger partial charge in [0, 0.05) is 11.3 Å². The molecular formula is C18H16N6O3S. The second-order valence-electron chi connectivity index (χ2n) is 5.47. The lowest BCUT2D eigenvalue weighted by atomic mass is 10.2. The van der Waals surface area contributed by atoms with Crippen molar-refractivity contribution in [2.24, 2.45) is 5.10 Å². The molecule has 0 saturated heterocycles. The van der Waals surface area contributed by atoms with Crippen molar-refractivity contribution in [1.29, 1.82) is 0 Å². The number of nitrogens with one attached hydrogen (secondary N) is 3. The van der Waals surface area contributed by atoms with Crippen molar-refractivity contribution < 1.29 is 14.7 Å². The number of rotatable bonds is 6. The maximum Gasteiger partial charge on any atom is 0.325 e. The topological polar surface area (TPSA) is 129 Å². The first-order chi connectivity index (χ1) is 13.6. The Labute approximate surface area is 164 Å². The predicted octanol–water partition coefficient (Wildman–Crippen LogP) is 2.58. The number of hydrazone groups is 1. The lowest BCUT2D eigenvalue weighted by molar-refractivity contribution is -0.120. The maximum atomic E-state index is 11.9. The second-order valence-corrected chi connectivity index (χ2v) is 6.54. The fourth-order valence-corrected chi connectivity index (χ4v) is 2.84. The summed E-state index contributed by atoms with van der Waals surface area (Å²) < 4.78 is 0. The van der Waals surface area contributed by atoms with Gasteiger partial charge in [-0.2, -0.15) is 5.10 Å². The highest BCUT2D eigenvalue weighted by Gasteiger charge is 2.11. The standard InChI is InChI=1S/C18H16N6O3S/c25-14-9-5-4-6-12(14)11-19-22-15(26)10-16-23-24-18(28-16)21-17(27)20-13-7-2-1-3-8-13/h1-9,11,25H,10H2,(H,22,26)(H2,20,21,24,27)/b19-11+. The molecule has 10 heteroatoms. The molecular weight excluding hydrogens is 380 g/mol. The van der Waals surface area contributed by atoms with Crippen molar-refractivity contribution in [3.05, 3.63) is 65.2 Å². The summed E-state index contributed by atoms with van der Waals surface area (Å²) in [5.74, 6) is -0.336. The van der Waals surface area contributed by atoms with E-state index < -0.39 is 11.9 Å². The molecule has 0 aliphatic heterocycles. The summed E-state index contributed by atoms with van der Waals surface area (Å²) in [7, 11) is 0. The molecule has 0 fully saturated rings. The highest BCUT2D eigenvalue weighted by molar-refractivity contribution is 7.15. The lowest BCUT2D eigenvalue weighted by Crippen LogP contribution is -2.19. The van der Waals surface area contributed by atoms with Gasteiger partial charge in [0.15, 0.2) is 0 Å². The van der Waals surface area contributed by atoms with Crippen LogP contribution in [0.4, 0.5) is 15.6 Å². The molecule has 0 saturated carbocycles. The fourth-order valence-electron chi connectivity index (χ4n) is 2.10. The Kier molecular flexibility index (Phi) is 6.26. The van der Waals surface area contributed by atoms with E-state index in [0.717, 1.165) is 11.3 Å². The van der Waals surface area contributed by atoms with Crippen LogP contribution in [0, 0.1) is 0 Å². The molecule has 3 amide bonds. The average molecular weight is 396 g/mol. The minimum absolute atomic E-state index is 0.0439. The molecule has 0 bridgehead atoms. The van der Waals surface area contributed by atoms with Crippen molar-refractivity contribution in [1.82, 2.24) is 15.6 Å². The molecule has 1 aromatic heterocycles. The normalized spacial score (nSPS) is 10.6. The van der Waals surface area contributed by atoms with Crippen LogP contribution >= 0.6 is 11.3 Å². The zero-order valence-electron chi connectivity index (χ0n) is 14.5. The van der Waals surface area contributed by atoms with E-state index in [9.17, 15) is 14.7 Å². The quantitative estimate of drug-likeness (QED) is 0.376. The van der Waals surface area contributed by atoms with Crippen LogP contribution in [0.25, 0.3) is 0 Å². The summed E-state index contributed by atoms with van der Waals surface area (Å²) in [4.78, 5) is 23.8. The van der Waals surface area contributed by atoms with Crippen LogP contribution in [0.15, 0.2) is 59.7 Å². The number of aromatic hydroxyl groups is 1. The van der Waals surface area contributed by atoms with Crippen molar-refractivity contribution in [2.75, 3.05) is 10.6 Å². The van der Waals surface area contributed by atoms with Gasteiger partial charge in [0.05, 0.1) is 12.6 Å². The first-order valence-electron chi connectivity index (χ1n) is 8.15. The molecule has 0 aliphatic rings. The average Bonchev–Trinajstić information content (AvgIpc) is 3.10. The third-order valence-electron chi connectivity index (χ3n) is 3.36. The summed E-state index contributed by atoms with van der Waals surface area (Å²) >= 11 is 1.09. The number of carbonyl (C=O) groups is 2. The molecule has 1 heterocycles. The summed E-state index contributed by atoms with van der Waals surface area (Å²) in [6.45, 7) is 0. The zero-order valence-corrected chi connectivity index (χ0v) is 15.3. The Hall–Kier alpha value is -3.79. The van der Waals surface area contributed by atoms with E-state index in [-0.39, 0.29) is 17.3 Å². The van der Waals surface area contributed by atoms with Gasteiger partial charge >= 0.3 is 6.03 Å². The van der Waals surface area contributed by atoms with E-state index >= 15 is 0 Å². The van der Waals surface area contributed by atoms with Crippen LogP contribution in [-0.4, -0.2) is 33.5 Å². The van der Waals surface area contributed by atoms with Gasteiger partial charge in [-0.05, 0) is 24.3 Å². The van der Waals surface area contributed by atoms with Crippen LogP contribution in [0.2, 0.25) is 0 Å². The maximum absolute atomic E-state index is 11.9. The molecule has 0 atom stereocenters. The number of phenolic OH excluding ortho intramolecular Hbond substituents is 1. The van der Waals surface area contributed by atoms with Crippen LogP contribution in [0.1, 0.15) is 10.6 Å². The van der Waals surface area contributed by atoms with E-state index in [4.69, 9.17) is 0 Å². The molecule has 3 aromatic rings. The van der Waals surface area contributed by atoms with Crippen LogP contribution in [0.3, 0.4) is 0 Å². The lowest BCUT2D eigenvalue weighted by Gasteiger charge is -2.03. The number of anilines is 2. The van der Waals surface area contributed by atoms with Gasteiger partial charge < -0.3 is 10.4 Å². The van der Waals surface area contributed by atoms with Crippen LogP contribution in [-0.2, 0) is 11.2 Å². The molecule has 0 radical (unpaired) electrons. The molecule has 28 heavy (non-hydrogen) atoms. The number of hydrogen-bond donors (Lipinski definition) is 4. The van der Waals surface area contributed by atoms with Gasteiger partial charge in [-0.25, -0.2) is 10.2 Å². The van der Waals surface area contributed by atoms with Gasteiger partial charge in [0.25, 0.3) is 0 Å². The molecule has 0 aliphatic carbocycles. The predicted molar refractivity (Wildman–Crippen MR) is 107 cm³/mol. The Morgan fingerprint density at radius 1 is 1.04 bits per heavy atom. The summed E-state index contributed by atoms with van der Waals surface area (Å²) in [6, 6.07) is 15.1. The van der Waals surface area contributed by atoms with E-state index in [2.05, 4.69) is 31.4 Å². The van der Waals surface area contributed by atoms with Gasteiger partial charge in [-0.15, -0.1) is 10.2 Å². The van der Waals surface area contributed by atoms with Gasteiger partial charge in [-0.3, -0.25) is 10.1 Å². The van der Waals surface area contributed by atoms with E-state index in [1.165, 1.54) is 12.3 Å². The summed E-state index contributed by atoms with van der Waals surface area (Å²) in [6.07, 6.45) is 1.30. The first-order valence-corrected chi connectivity index (χ1v) is 8.97. The van der Waals surface area contributed by atoms with Crippen LogP contribution in [0.5, 0.6) is 5.75 Å². The number of urea groups is 1. The third-order valence-corrected chi connectivity index (χ3v) is 4.20. The third kappa shape index (κ3) is 5.61. The van der Waals surface area contributed by atoms with Gasteiger partial charge in [0.1, 0.15) is 10.8 Å². The largest absolute Gasteiger partial charge is 0.507 e. The first kappa shape index (κ1) is 19.0. The summed E-state index contributed by atoms with van der Waals surface area (Å²) in [5, 5.41) is 27.0. The number of aromatic nitrogens is 2. The Bertz CT molecular complexity index is 990. The Morgan fingerprint density at radius 2 is 1.79 bits per heavy atom. The molecule has 0 spiro atoms.